The molecule has 0 saturated carbocycles. The standard InChI is InChI=1S/C15H30N2O/c1-10(2)7-13(11(3)4)17-9-15(5,6)8-12(16)14(17)18/h10-13H,7-9,16H2,1-6H3. The number of amides is 1. The first-order chi connectivity index (χ1) is 8.14. The van der Waals surface area contributed by atoms with E-state index in [9.17, 15) is 4.79 Å². The van der Waals surface area contributed by atoms with Crippen molar-refractivity contribution in [2.75, 3.05) is 6.54 Å². The molecule has 0 aromatic heterocycles. The van der Waals surface area contributed by atoms with Crippen molar-refractivity contribution in [1.29, 1.82) is 0 Å². The zero-order valence-electron chi connectivity index (χ0n) is 12.9. The summed E-state index contributed by atoms with van der Waals surface area (Å²) < 4.78 is 0. The maximum absolute atomic E-state index is 12.3. The summed E-state index contributed by atoms with van der Waals surface area (Å²) in [7, 11) is 0. The average molecular weight is 254 g/mol. The predicted molar refractivity (Wildman–Crippen MR) is 76.2 cm³/mol. The summed E-state index contributed by atoms with van der Waals surface area (Å²) in [5, 5.41) is 0. The van der Waals surface area contributed by atoms with Gasteiger partial charge in [-0.05, 0) is 30.1 Å². The monoisotopic (exact) mass is 254 g/mol. The normalized spacial score (nSPS) is 25.9. The predicted octanol–water partition coefficient (Wildman–Crippen LogP) is 2.64. The molecule has 1 heterocycles. The topological polar surface area (TPSA) is 46.3 Å². The number of piperidine rings is 1. The second kappa shape index (κ2) is 5.60. The molecule has 2 N–H and O–H groups in total. The number of likely N-dealkylation sites (tertiary alicyclic amines) is 1. The van der Waals surface area contributed by atoms with Gasteiger partial charge in [0.25, 0.3) is 0 Å². The molecule has 1 amide bonds. The van der Waals surface area contributed by atoms with Crippen molar-refractivity contribution in [3.8, 4) is 0 Å². The highest BCUT2D eigenvalue weighted by molar-refractivity contribution is 5.83. The van der Waals surface area contributed by atoms with E-state index in [2.05, 4.69) is 46.4 Å². The fourth-order valence-corrected chi connectivity index (χ4v) is 3.02. The molecule has 0 spiro atoms. The molecule has 0 bridgehead atoms. The SMILES string of the molecule is CC(C)CC(C(C)C)N1CC(C)(C)CC(N)C1=O. The highest BCUT2D eigenvalue weighted by Gasteiger charge is 2.40. The molecule has 2 unspecified atom stereocenters. The Balaban J connectivity index is 2.91. The van der Waals surface area contributed by atoms with Crippen LogP contribution in [-0.2, 0) is 4.79 Å². The number of rotatable bonds is 4. The van der Waals surface area contributed by atoms with Crippen LogP contribution in [0.5, 0.6) is 0 Å². The highest BCUT2D eigenvalue weighted by atomic mass is 16.2. The van der Waals surface area contributed by atoms with Crippen molar-refractivity contribution in [2.24, 2.45) is 23.0 Å². The van der Waals surface area contributed by atoms with Gasteiger partial charge in [-0.15, -0.1) is 0 Å². The fourth-order valence-electron chi connectivity index (χ4n) is 3.02. The van der Waals surface area contributed by atoms with E-state index in [1.165, 1.54) is 0 Å². The number of carbonyl (C=O) groups is 1. The minimum Gasteiger partial charge on any atom is -0.338 e. The van der Waals surface area contributed by atoms with Gasteiger partial charge in [-0.25, -0.2) is 0 Å². The first-order valence-corrected chi connectivity index (χ1v) is 7.20. The molecule has 3 nitrogen and oxygen atoms in total. The van der Waals surface area contributed by atoms with E-state index < -0.39 is 0 Å². The van der Waals surface area contributed by atoms with E-state index in [4.69, 9.17) is 5.73 Å². The summed E-state index contributed by atoms with van der Waals surface area (Å²) in [5.41, 5.74) is 6.16. The number of nitrogens with zero attached hydrogens (tertiary/aromatic N) is 1. The summed E-state index contributed by atoms with van der Waals surface area (Å²) in [6.45, 7) is 14.1. The van der Waals surface area contributed by atoms with E-state index in [0.717, 1.165) is 19.4 Å². The van der Waals surface area contributed by atoms with Crippen LogP contribution in [0.15, 0.2) is 0 Å². The second-order valence-electron chi connectivity index (χ2n) is 7.38. The summed E-state index contributed by atoms with van der Waals surface area (Å²) in [5.74, 6) is 1.23. The molecule has 0 aliphatic carbocycles. The van der Waals surface area contributed by atoms with Gasteiger partial charge < -0.3 is 10.6 Å². The van der Waals surface area contributed by atoms with Gasteiger partial charge >= 0.3 is 0 Å². The number of nitrogens with two attached hydrogens (primary N) is 1. The molecule has 18 heavy (non-hydrogen) atoms. The van der Waals surface area contributed by atoms with Gasteiger partial charge in [-0.3, -0.25) is 4.79 Å². The van der Waals surface area contributed by atoms with Crippen LogP contribution in [0.2, 0.25) is 0 Å². The van der Waals surface area contributed by atoms with E-state index in [1.54, 1.807) is 0 Å². The van der Waals surface area contributed by atoms with E-state index in [-0.39, 0.29) is 17.4 Å². The summed E-state index contributed by atoms with van der Waals surface area (Å²) in [4.78, 5) is 14.4. The molecule has 0 aromatic carbocycles. The Kier molecular flexibility index (Phi) is 4.82. The second-order valence-corrected chi connectivity index (χ2v) is 7.38. The lowest BCUT2D eigenvalue weighted by Crippen LogP contribution is -2.59. The third-order valence-corrected chi connectivity index (χ3v) is 3.85. The molecule has 1 aliphatic heterocycles. The third kappa shape index (κ3) is 3.71. The summed E-state index contributed by atoms with van der Waals surface area (Å²) in [6.07, 6.45) is 1.86. The van der Waals surface area contributed by atoms with Crippen molar-refractivity contribution in [2.45, 2.75) is 66.5 Å². The minimum absolute atomic E-state index is 0.136. The molecular weight excluding hydrogens is 224 g/mol. The van der Waals surface area contributed by atoms with Crippen LogP contribution in [0.3, 0.4) is 0 Å². The first kappa shape index (κ1) is 15.5. The quantitative estimate of drug-likeness (QED) is 0.838. The first-order valence-electron chi connectivity index (χ1n) is 7.20. The highest BCUT2D eigenvalue weighted by Crippen LogP contribution is 2.32. The maximum Gasteiger partial charge on any atom is 0.239 e. The molecule has 1 fully saturated rings. The molecule has 1 saturated heterocycles. The zero-order chi connectivity index (χ0) is 14.1. The van der Waals surface area contributed by atoms with Crippen LogP contribution in [-0.4, -0.2) is 29.4 Å². The van der Waals surface area contributed by atoms with Gasteiger partial charge in [-0.2, -0.15) is 0 Å². The van der Waals surface area contributed by atoms with Gasteiger partial charge in [0.15, 0.2) is 0 Å². The lowest BCUT2D eigenvalue weighted by molar-refractivity contribution is -0.143. The lowest BCUT2D eigenvalue weighted by atomic mass is 9.79. The van der Waals surface area contributed by atoms with E-state index >= 15 is 0 Å². The molecule has 0 aromatic rings. The summed E-state index contributed by atoms with van der Waals surface area (Å²) >= 11 is 0. The minimum atomic E-state index is -0.317. The molecule has 1 rings (SSSR count). The lowest BCUT2D eigenvalue weighted by Gasteiger charge is -2.46. The smallest absolute Gasteiger partial charge is 0.239 e. The molecular formula is C15H30N2O. The van der Waals surface area contributed by atoms with Crippen molar-refractivity contribution < 1.29 is 4.79 Å². The van der Waals surface area contributed by atoms with Gasteiger partial charge in [-0.1, -0.05) is 41.5 Å². The van der Waals surface area contributed by atoms with Gasteiger partial charge in [0.1, 0.15) is 0 Å². The van der Waals surface area contributed by atoms with Crippen LogP contribution in [0.25, 0.3) is 0 Å². The van der Waals surface area contributed by atoms with Gasteiger partial charge in [0.2, 0.25) is 5.91 Å². The van der Waals surface area contributed by atoms with Crippen LogP contribution < -0.4 is 5.73 Å². The zero-order valence-corrected chi connectivity index (χ0v) is 12.9. The number of hydrogen-bond donors (Lipinski definition) is 1. The third-order valence-electron chi connectivity index (χ3n) is 3.85. The van der Waals surface area contributed by atoms with Gasteiger partial charge in [0.05, 0.1) is 6.04 Å². The molecule has 1 aliphatic rings. The fraction of sp³-hybridized carbons (Fsp3) is 0.933. The molecule has 3 heteroatoms. The molecule has 0 radical (unpaired) electrons. The van der Waals surface area contributed by atoms with E-state index in [0.29, 0.717) is 17.9 Å². The largest absolute Gasteiger partial charge is 0.338 e. The van der Waals surface area contributed by atoms with Crippen molar-refractivity contribution in [1.82, 2.24) is 4.90 Å². The average Bonchev–Trinajstić information content (AvgIpc) is 2.19. The van der Waals surface area contributed by atoms with Gasteiger partial charge in [0, 0.05) is 12.6 Å². The molecule has 106 valence electrons. The van der Waals surface area contributed by atoms with E-state index in [1.807, 2.05) is 0 Å². The number of hydrogen-bond acceptors (Lipinski definition) is 2. The summed E-state index contributed by atoms with van der Waals surface area (Å²) in [6, 6.07) is 0.00490. The van der Waals surface area contributed by atoms with Crippen molar-refractivity contribution in [3.63, 3.8) is 0 Å². The Morgan fingerprint density at radius 3 is 2.33 bits per heavy atom. The Morgan fingerprint density at radius 2 is 1.89 bits per heavy atom. The molecule has 2 atom stereocenters. The Bertz CT molecular complexity index is 297. The Hall–Kier alpha value is -0.570. The number of carbonyl (C=O) groups excluding carboxylic acids is 1. The van der Waals surface area contributed by atoms with Crippen LogP contribution in [0, 0.1) is 17.3 Å². The van der Waals surface area contributed by atoms with Crippen molar-refractivity contribution >= 4 is 5.91 Å². The Labute approximate surface area is 112 Å². The van der Waals surface area contributed by atoms with Crippen LogP contribution in [0.1, 0.15) is 54.4 Å². The van der Waals surface area contributed by atoms with Crippen molar-refractivity contribution in [3.05, 3.63) is 0 Å². The van der Waals surface area contributed by atoms with Crippen LogP contribution >= 0.6 is 0 Å². The maximum atomic E-state index is 12.3. The van der Waals surface area contributed by atoms with Crippen LogP contribution in [0.4, 0.5) is 0 Å². The Morgan fingerprint density at radius 1 is 1.33 bits per heavy atom.